The third-order valence-corrected chi connectivity index (χ3v) is 4.64. The minimum atomic E-state index is -0.522. The lowest BCUT2D eigenvalue weighted by Gasteiger charge is -2.51. The largest absolute Gasteiger partial charge is 0.445 e. The second-order valence-electron chi connectivity index (χ2n) is 7.58. The maximum atomic E-state index is 12.6. The quantitative estimate of drug-likeness (QED) is 0.601. The lowest BCUT2D eigenvalue weighted by molar-refractivity contribution is -0.156. The van der Waals surface area contributed by atoms with Crippen LogP contribution in [-0.4, -0.2) is 35.5 Å². The van der Waals surface area contributed by atoms with Gasteiger partial charge < -0.3 is 15.0 Å². The number of rotatable bonds is 7. The van der Waals surface area contributed by atoms with Gasteiger partial charge in [0.2, 0.25) is 5.91 Å². The van der Waals surface area contributed by atoms with E-state index < -0.39 is 6.09 Å². The second kappa shape index (κ2) is 8.21. The molecule has 0 spiro atoms. The molecule has 1 aromatic rings. The van der Waals surface area contributed by atoms with E-state index in [0.29, 0.717) is 6.54 Å². The van der Waals surface area contributed by atoms with E-state index in [9.17, 15) is 9.59 Å². The van der Waals surface area contributed by atoms with E-state index in [4.69, 9.17) is 4.74 Å². The van der Waals surface area contributed by atoms with Gasteiger partial charge in [-0.05, 0) is 11.0 Å². The standard InChI is InChI=1S/C21H28N2O3/c1-6-13-23-16(7-2)17(19(23)24)18(21(3,4)5)22-20(25)26-14-15-11-9-8-10-12-15/h6-12,16-18H,1-2,13-14H2,3-5H3,(H,22,25)/t16-,17+,18-/m1/s1. The molecule has 0 aliphatic carbocycles. The molecule has 2 rings (SSSR count). The van der Waals surface area contributed by atoms with Crippen LogP contribution in [0.15, 0.2) is 55.6 Å². The molecule has 1 N–H and O–H groups in total. The molecule has 2 amide bonds. The van der Waals surface area contributed by atoms with E-state index in [0.717, 1.165) is 5.56 Å². The van der Waals surface area contributed by atoms with Gasteiger partial charge in [0.15, 0.2) is 0 Å². The fraction of sp³-hybridized carbons (Fsp3) is 0.429. The fourth-order valence-corrected chi connectivity index (χ4v) is 3.30. The highest BCUT2D eigenvalue weighted by Gasteiger charge is 2.52. The summed E-state index contributed by atoms with van der Waals surface area (Å²) in [4.78, 5) is 26.6. The van der Waals surface area contributed by atoms with Crippen molar-refractivity contribution in [1.29, 1.82) is 0 Å². The molecule has 0 saturated carbocycles. The van der Waals surface area contributed by atoms with Gasteiger partial charge in [0.25, 0.3) is 0 Å². The predicted molar refractivity (Wildman–Crippen MR) is 102 cm³/mol. The molecule has 0 aromatic heterocycles. The molecule has 1 fully saturated rings. The number of nitrogens with one attached hydrogen (secondary N) is 1. The molecule has 0 bridgehead atoms. The van der Waals surface area contributed by atoms with E-state index in [1.54, 1.807) is 17.1 Å². The Morgan fingerprint density at radius 3 is 2.50 bits per heavy atom. The van der Waals surface area contributed by atoms with E-state index in [2.05, 4.69) is 18.5 Å². The number of alkyl carbamates (subject to hydrolysis) is 1. The van der Waals surface area contributed by atoms with Crippen molar-refractivity contribution in [3.05, 3.63) is 61.2 Å². The molecular formula is C21H28N2O3. The number of benzene rings is 1. The van der Waals surface area contributed by atoms with Gasteiger partial charge in [0.05, 0.1) is 18.0 Å². The predicted octanol–water partition coefficient (Wildman–Crippen LogP) is 3.53. The van der Waals surface area contributed by atoms with Crippen LogP contribution in [-0.2, 0) is 16.1 Å². The molecule has 5 heteroatoms. The molecule has 26 heavy (non-hydrogen) atoms. The molecule has 3 atom stereocenters. The molecule has 0 radical (unpaired) electrons. The fourth-order valence-electron chi connectivity index (χ4n) is 3.30. The van der Waals surface area contributed by atoms with Crippen LogP contribution < -0.4 is 5.32 Å². The van der Waals surface area contributed by atoms with Crippen molar-refractivity contribution in [2.75, 3.05) is 6.54 Å². The smallest absolute Gasteiger partial charge is 0.407 e. The topological polar surface area (TPSA) is 58.6 Å². The maximum Gasteiger partial charge on any atom is 0.407 e. The van der Waals surface area contributed by atoms with Crippen LogP contribution >= 0.6 is 0 Å². The highest BCUT2D eigenvalue weighted by atomic mass is 16.5. The van der Waals surface area contributed by atoms with Crippen molar-refractivity contribution in [3.8, 4) is 0 Å². The zero-order valence-corrected chi connectivity index (χ0v) is 15.8. The van der Waals surface area contributed by atoms with E-state index in [-0.39, 0.29) is 35.9 Å². The van der Waals surface area contributed by atoms with Crippen molar-refractivity contribution >= 4 is 12.0 Å². The van der Waals surface area contributed by atoms with Gasteiger partial charge in [-0.25, -0.2) is 4.79 Å². The normalized spacial score (nSPS) is 20.7. The minimum Gasteiger partial charge on any atom is -0.445 e. The molecule has 1 heterocycles. The average molecular weight is 356 g/mol. The minimum absolute atomic E-state index is 0.00177. The summed E-state index contributed by atoms with van der Waals surface area (Å²) in [6, 6.07) is 9.00. The summed E-state index contributed by atoms with van der Waals surface area (Å²) in [5.74, 6) is -0.352. The molecular weight excluding hydrogens is 328 g/mol. The molecule has 0 unspecified atom stereocenters. The highest BCUT2D eigenvalue weighted by Crippen LogP contribution is 2.37. The van der Waals surface area contributed by atoms with Crippen molar-refractivity contribution in [3.63, 3.8) is 0 Å². The van der Waals surface area contributed by atoms with Gasteiger partial charge in [-0.15, -0.1) is 13.2 Å². The monoisotopic (exact) mass is 356 g/mol. The molecule has 1 aliphatic rings. The number of likely N-dealkylation sites (tertiary alicyclic amines) is 1. The van der Waals surface area contributed by atoms with Crippen LogP contribution in [0.5, 0.6) is 0 Å². The Morgan fingerprint density at radius 1 is 1.31 bits per heavy atom. The number of carbonyl (C=O) groups is 2. The first kappa shape index (κ1) is 19.8. The zero-order valence-electron chi connectivity index (χ0n) is 15.8. The molecule has 5 nitrogen and oxygen atoms in total. The molecule has 140 valence electrons. The van der Waals surface area contributed by atoms with Crippen LogP contribution in [0.4, 0.5) is 4.79 Å². The highest BCUT2D eigenvalue weighted by molar-refractivity contribution is 5.88. The number of hydrogen-bond acceptors (Lipinski definition) is 3. The zero-order chi connectivity index (χ0) is 19.3. The Bertz CT molecular complexity index is 664. The number of hydrogen-bond donors (Lipinski definition) is 1. The van der Waals surface area contributed by atoms with Crippen molar-refractivity contribution in [2.24, 2.45) is 11.3 Å². The number of β-lactam (4-membered cyclic amide) rings is 1. The molecule has 1 aromatic carbocycles. The Morgan fingerprint density at radius 2 is 1.96 bits per heavy atom. The summed E-state index contributed by atoms with van der Waals surface area (Å²) in [5.41, 5.74) is 0.601. The van der Waals surface area contributed by atoms with Crippen LogP contribution in [0.2, 0.25) is 0 Å². The van der Waals surface area contributed by atoms with E-state index in [1.807, 2.05) is 51.1 Å². The lowest BCUT2D eigenvalue weighted by Crippen LogP contribution is -2.68. The molecule has 1 aliphatic heterocycles. The van der Waals surface area contributed by atoms with Crippen LogP contribution in [0.1, 0.15) is 26.3 Å². The Hall–Kier alpha value is -2.56. The first-order valence-electron chi connectivity index (χ1n) is 8.80. The van der Waals surface area contributed by atoms with E-state index in [1.165, 1.54) is 0 Å². The van der Waals surface area contributed by atoms with Crippen molar-refractivity contribution < 1.29 is 14.3 Å². The van der Waals surface area contributed by atoms with Gasteiger partial charge in [0, 0.05) is 6.54 Å². The van der Waals surface area contributed by atoms with Gasteiger partial charge in [-0.1, -0.05) is 63.3 Å². The summed E-state index contributed by atoms with van der Waals surface area (Å²) < 4.78 is 5.33. The summed E-state index contributed by atoms with van der Waals surface area (Å²) in [6.07, 6.45) is 2.93. The van der Waals surface area contributed by atoms with Crippen LogP contribution in [0.3, 0.4) is 0 Å². The first-order valence-corrected chi connectivity index (χ1v) is 8.80. The van der Waals surface area contributed by atoms with E-state index >= 15 is 0 Å². The van der Waals surface area contributed by atoms with Gasteiger partial charge >= 0.3 is 6.09 Å². The van der Waals surface area contributed by atoms with Gasteiger partial charge in [-0.2, -0.15) is 0 Å². The lowest BCUT2D eigenvalue weighted by atomic mass is 9.71. The maximum absolute atomic E-state index is 12.6. The third kappa shape index (κ3) is 4.34. The van der Waals surface area contributed by atoms with Crippen LogP contribution in [0.25, 0.3) is 0 Å². The Labute approximate surface area is 155 Å². The number of ether oxygens (including phenoxy) is 1. The summed E-state index contributed by atoms with van der Waals surface area (Å²) in [7, 11) is 0. The van der Waals surface area contributed by atoms with Crippen LogP contribution in [0, 0.1) is 11.3 Å². The van der Waals surface area contributed by atoms with Gasteiger partial charge in [0.1, 0.15) is 6.61 Å². The Balaban J connectivity index is 2.06. The number of carbonyl (C=O) groups excluding carboxylic acids is 2. The summed E-state index contributed by atoms with van der Waals surface area (Å²) >= 11 is 0. The van der Waals surface area contributed by atoms with Gasteiger partial charge in [-0.3, -0.25) is 4.79 Å². The first-order chi connectivity index (χ1) is 12.3. The summed E-state index contributed by atoms with van der Waals surface area (Å²) in [5, 5.41) is 2.90. The molecule has 1 saturated heterocycles. The van der Waals surface area contributed by atoms with Crippen molar-refractivity contribution in [2.45, 2.75) is 39.5 Å². The summed E-state index contributed by atoms with van der Waals surface area (Å²) in [6.45, 7) is 14.2. The third-order valence-electron chi connectivity index (χ3n) is 4.64. The van der Waals surface area contributed by atoms with Crippen molar-refractivity contribution in [1.82, 2.24) is 10.2 Å². The second-order valence-corrected chi connectivity index (χ2v) is 7.58. The SMILES string of the molecule is C=CCN1C(=O)[C@H]([C@@H](NC(=O)OCc2ccccc2)C(C)(C)C)[C@H]1C=C. The number of nitrogens with zero attached hydrogens (tertiary/aromatic N) is 1. The average Bonchev–Trinajstić information content (AvgIpc) is 2.61. The number of amides is 2. The Kier molecular flexibility index (Phi) is 6.24.